The number of aromatic nitrogens is 2. The number of fused-ring (bicyclic) bond motifs is 1. The van der Waals surface area contributed by atoms with Gasteiger partial charge >= 0.3 is 0 Å². The van der Waals surface area contributed by atoms with E-state index in [1.807, 2.05) is 28.8 Å². The lowest BCUT2D eigenvalue weighted by molar-refractivity contribution is -0.123. The van der Waals surface area contributed by atoms with E-state index >= 15 is 0 Å². The average Bonchev–Trinajstić information content (AvgIpc) is 3.15. The van der Waals surface area contributed by atoms with E-state index in [1.54, 1.807) is 11.3 Å². The molecule has 1 saturated heterocycles. The van der Waals surface area contributed by atoms with E-state index in [2.05, 4.69) is 28.6 Å². The van der Waals surface area contributed by atoms with E-state index in [9.17, 15) is 4.79 Å². The molecule has 1 aliphatic rings. The predicted molar refractivity (Wildman–Crippen MR) is 89.8 cm³/mol. The van der Waals surface area contributed by atoms with Crippen LogP contribution in [0.1, 0.15) is 5.69 Å². The molecule has 3 aromatic rings. The number of carbonyl (C=O) groups excluding carboxylic acids is 1. The Labute approximate surface area is 137 Å². The van der Waals surface area contributed by atoms with E-state index < -0.39 is 0 Å². The van der Waals surface area contributed by atoms with Crippen molar-refractivity contribution >= 4 is 22.1 Å². The predicted octanol–water partition coefficient (Wildman–Crippen LogP) is 2.16. The van der Waals surface area contributed by atoms with Gasteiger partial charge in [-0.1, -0.05) is 41.7 Å². The minimum atomic E-state index is -0.205. The zero-order valence-corrected chi connectivity index (χ0v) is 13.4. The molecule has 0 bridgehead atoms. The van der Waals surface area contributed by atoms with Crippen molar-refractivity contribution in [2.75, 3.05) is 19.8 Å². The molecule has 1 N–H and O–H groups in total. The molecule has 6 heteroatoms. The number of rotatable bonds is 4. The Morgan fingerprint density at radius 2 is 2.22 bits per heavy atom. The summed E-state index contributed by atoms with van der Waals surface area (Å²) in [5.74, 6) is 0.138. The maximum atomic E-state index is 12.3. The third kappa shape index (κ3) is 3.06. The highest BCUT2D eigenvalue weighted by atomic mass is 32.1. The number of nitrogens with one attached hydrogen (secondary N) is 1. The van der Waals surface area contributed by atoms with Crippen LogP contribution < -0.4 is 5.32 Å². The smallest absolute Gasteiger partial charge is 0.194 e. The third-order valence-electron chi connectivity index (χ3n) is 3.93. The number of imidazole rings is 1. The van der Waals surface area contributed by atoms with Crippen LogP contribution in [0.15, 0.2) is 42.7 Å². The Balaban J connectivity index is 1.51. The van der Waals surface area contributed by atoms with E-state index in [0.29, 0.717) is 19.6 Å². The van der Waals surface area contributed by atoms with Crippen LogP contribution in [0.25, 0.3) is 15.4 Å². The minimum Gasteiger partial charge on any atom is -0.378 e. The van der Waals surface area contributed by atoms with Crippen molar-refractivity contribution in [1.82, 2.24) is 14.7 Å². The van der Waals surface area contributed by atoms with Crippen LogP contribution in [0.4, 0.5) is 0 Å². The molecule has 1 fully saturated rings. The fourth-order valence-electron chi connectivity index (χ4n) is 2.74. The molecule has 0 radical (unpaired) electrons. The van der Waals surface area contributed by atoms with Gasteiger partial charge in [0.25, 0.3) is 0 Å². The number of benzene rings is 1. The number of hydrogen-bond donors (Lipinski definition) is 1. The lowest BCUT2D eigenvalue weighted by Gasteiger charge is -2.22. The van der Waals surface area contributed by atoms with Crippen LogP contribution in [0.2, 0.25) is 0 Å². The third-order valence-corrected chi connectivity index (χ3v) is 4.98. The van der Waals surface area contributed by atoms with Crippen LogP contribution in [-0.2, 0) is 16.0 Å². The first-order chi connectivity index (χ1) is 11.3. The van der Waals surface area contributed by atoms with Gasteiger partial charge in [0.15, 0.2) is 10.7 Å². The second kappa shape index (κ2) is 6.23. The van der Waals surface area contributed by atoms with E-state index in [-0.39, 0.29) is 11.8 Å². The van der Waals surface area contributed by atoms with E-state index in [0.717, 1.165) is 17.2 Å². The fourth-order valence-corrected chi connectivity index (χ4v) is 3.73. The number of hydrogen-bond acceptors (Lipinski definition) is 5. The van der Waals surface area contributed by atoms with Crippen LogP contribution in [-0.4, -0.2) is 41.0 Å². The van der Waals surface area contributed by atoms with Crippen molar-refractivity contribution in [2.24, 2.45) is 0 Å². The Morgan fingerprint density at radius 3 is 2.96 bits per heavy atom. The number of carbonyl (C=O) groups is 1. The summed E-state index contributed by atoms with van der Waals surface area (Å²) in [6, 6.07) is 10.0. The van der Waals surface area contributed by atoms with Gasteiger partial charge in [0, 0.05) is 18.9 Å². The van der Waals surface area contributed by atoms with Gasteiger partial charge in [0.2, 0.25) is 0 Å². The zero-order valence-electron chi connectivity index (χ0n) is 12.6. The molecular weight excluding hydrogens is 310 g/mol. The molecule has 5 nitrogen and oxygen atoms in total. The topological polar surface area (TPSA) is 55.6 Å². The number of thiazole rings is 1. The SMILES string of the molecule is O=C(Cc1cn2cc(-c3ccccc3)sc2n1)[C@@H]1COCCN1. The van der Waals surface area contributed by atoms with Gasteiger partial charge < -0.3 is 10.1 Å². The molecule has 3 heterocycles. The normalized spacial score (nSPS) is 18.3. The zero-order chi connectivity index (χ0) is 15.6. The van der Waals surface area contributed by atoms with Crippen molar-refractivity contribution in [3.63, 3.8) is 0 Å². The molecule has 0 saturated carbocycles. The highest BCUT2D eigenvalue weighted by Crippen LogP contribution is 2.28. The van der Waals surface area contributed by atoms with Gasteiger partial charge in [-0.25, -0.2) is 4.98 Å². The summed E-state index contributed by atoms with van der Waals surface area (Å²) in [5, 5.41) is 3.19. The first-order valence-electron chi connectivity index (χ1n) is 7.66. The van der Waals surface area contributed by atoms with Gasteiger partial charge in [-0.3, -0.25) is 9.20 Å². The maximum Gasteiger partial charge on any atom is 0.194 e. The number of ether oxygens (including phenoxy) is 1. The van der Waals surface area contributed by atoms with Crippen molar-refractivity contribution in [2.45, 2.75) is 12.5 Å². The molecular formula is C17H17N3O2S. The number of morpholine rings is 1. The lowest BCUT2D eigenvalue weighted by atomic mass is 10.1. The summed E-state index contributed by atoms with van der Waals surface area (Å²) in [4.78, 5) is 18.9. The Bertz CT molecular complexity index is 787. The molecule has 4 rings (SSSR count). The highest BCUT2D eigenvalue weighted by Gasteiger charge is 2.22. The largest absolute Gasteiger partial charge is 0.378 e. The van der Waals surface area contributed by atoms with Crippen LogP contribution in [0.5, 0.6) is 0 Å². The molecule has 2 aromatic heterocycles. The summed E-state index contributed by atoms with van der Waals surface area (Å²) in [6.07, 6.45) is 4.36. The summed E-state index contributed by atoms with van der Waals surface area (Å²) < 4.78 is 7.34. The Hall–Kier alpha value is -2.02. The summed E-state index contributed by atoms with van der Waals surface area (Å²) in [7, 11) is 0. The monoisotopic (exact) mass is 327 g/mol. The first kappa shape index (κ1) is 14.6. The summed E-state index contributed by atoms with van der Waals surface area (Å²) in [5.41, 5.74) is 2.00. The minimum absolute atomic E-state index is 0.138. The molecule has 118 valence electrons. The van der Waals surface area contributed by atoms with Crippen LogP contribution in [0, 0.1) is 0 Å². The van der Waals surface area contributed by atoms with Gasteiger partial charge in [-0.2, -0.15) is 0 Å². The van der Waals surface area contributed by atoms with Crippen molar-refractivity contribution < 1.29 is 9.53 Å². The first-order valence-corrected chi connectivity index (χ1v) is 8.48. The number of Topliss-reactive ketones (excluding diaryl/α,β-unsaturated/α-hetero) is 1. The molecule has 1 aromatic carbocycles. The molecule has 1 atom stereocenters. The molecule has 23 heavy (non-hydrogen) atoms. The quantitative estimate of drug-likeness (QED) is 0.798. The van der Waals surface area contributed by atoms with Gasteiger partial charge in [-0.05, 0) is 5.56 Å². The van der Waals surface area contributed by atoms with E-state index in [4.69, 9.17) is 4.74 Å². The molecule has 1 aliphatic heterocycles. The standard InChI is InChI=1S/C17H17N3O2S/c21-15(14-11-22-7-6-18-14)8-13-9-20-10-16(23-17(20)19-13)12-4-2-1-3-5-12/h1-5,9-10,14,18H,6-8,11H2/t14-/m0/s1. The van der Waals surface area contributed by atoms with Gasteiger partial charge in [0.1, 0.15) is 0 Å². The van der Waals surface area contributed by atoms with Crippen molar-refractivity contribution in [3.8, 4) is 10.4 Å². The van der Waals surface area contributed by atoms with E-state index in [1.165, 1.54) is 10.4 Å². The Kier molecular flexibility index (Phi) is 3.95. The summed E-state index contributed by atoms with van der Waals surface area (Å²) in [6.45, 7) is 1.86. The number of nitrogens with zero attached hydrogens (tertiary/aromatic N) is 2. The number of ketones is 1. The lowest BCUT2D eigenvalue weighted by Crippen LogP contribution is -2.47. The van der Waals surface area contributed by atoms with Gasteiger partial charge in [0.05, 0.1) is 36.2 Å². The average molecular weight is 327 g/mol. The fraction of sp³-hybridized carbons (Fsp3) is 0.294. The van der Waals surface area contributed by atoms with Crippen molar-refractivity contribution in [1.29, 1.82) is 0 Å². The molecule has 0 amide bonds. The second-order valence-electron chi connectivity index (χ2n) is 5.61. The van der Waals surface area contributed by atoms with Crippen LogP contribution >= 0.6 is 11.3 Å². The van der Waals surface area contributed by atoms with Crippen LogP contribution in [0.3, 0.4) is 0 Å². The van der Waals surface area contributed by atoms with Crippen molar-refractivity contribution in [3.05, 3.63) is 48.4 Å². The Morgan fingerprint density at radius 1 is 1.35 bits per heavy atom. The summed E-state index contributed by atoms with van der Waals surface area (Å²) >= 11 is 1.63. The second-order valence-corrected chi connectivity index (χ2v) is 6.62. The molecule has 0 aliphatic carbocycles. The molecule has 0 spiro atoms. The highest BCUT2D eigenvalue weighted by molar-refractivity contribution is 7.20. The molecule has 0 unspecified atom stereocenters. The maximum absolute atomic E-state index is 12.3. The van der Waals surface area contributed by atoms with Gasteiger partial charge in [-0.15, -0.1) is 0 Å².